The molecule has 1 amide bonds. The highest BCUT2D eigenvalue weighted by Crippen LogP contribution is 2.21. The average molecular weight is 348 g/mol. The number of rotatable bonds is 5. The van der Waals surface area contributed by atoms with Crippen LogP contribution in [-0.4, -0.2) is 27.2 Å². The maximum Gasteiger partial charge on any atom is 0.253 e. The van der Waals surface area contributed by atoms with Gasteiger partial charge in [0.1, 0.15) is 6.54 Å². The van der Waals surface area contributed by atoms with Crippen LogP contribution in [0.4, 0.5) is 0 Å². The summed E-state index contributed by atoms with van der Waals surface area (Å²) in [7, 11) is 0. The largest absolute Gasteiger partial charge is 0.419 e. The first-order chi connectivity index (χ1) is 12.6. The van der Waals surface area contributed by atoms with Gasteiger partial charge in [0.15, 0.2) is 0 Å². The Morgan fingerprint density at radius 3 is 2.85 bits per heavy atom. The van der Waals surface area contributed by atoms with Crippen molar-refractivity contribution in [3.05, 3.63) is 70.0 Å². The summed E-state index contributed by atoms with van der Waals surface area (Å²) in [6.45, 7) is 2.12. The number of hydrogen-bond acceptors (Lipinski definition) is 5. The smallest absolute Gasteiger partial charge is 0.253 e. The van der Waals surface area contributed by atoms with E-state index in [0.29, 0.717) is 11.5 Å². The average Bonchev–Trinajstić information content (AvgIpc) is 3.10. The number of hydrogen-bond donors (Lipinski definition) is 1. The fourth-order valence-electron chi connectivity index (χ4n) is 2.41. The number of nitrogens with zero attached hydrogens (tertiary/aromatic N) is 3. The molecule has 0 aliphatic rings. The zero-order chi connectivity index (χ0) is 18.5. The van der Waals surface area contributed by atoms with Crippen molar-refractivity contribution in [2.75, 3.05) is 6.54 Å². The molecular weight excluding hydrogens is 332 g/mol. The molecule has 0 bridgehead atoms. The quantitative estimate of drug-likeness (QED) is 0.708. The van der Waals surface area contributed by atoms with Crippen LogP contribution < -0.4 is 10.9 Å². The number of aryl methyl sites for hydroxylation is 1. The van der Waals surface area contributed by atoms with Crippen molar-refractivity contribution in [2.24, 2.45) is 0 Å². The fraction of sp³-hybridized carbons (Fsp3) is 0.158. The summed E-state index contributed by atoms with van der Waals surface area (Å²) < 4.78 is 7.00. The van der Waals surface area contributed by atoms with E-state index in [9.17, 15) is 9.59 Å². The summed E-state index contributed by atoms with van der Waals surface area (Å²) >= 11 is 0. The summed E-state index contributed by atoms with van der Waals surface area (Å²) in [5.74, 6) is 2.62. The first kappa shape index (κ1) is 17.2. The van der Waals surface area contributed by atoms with Gasteiger partial charge in [-0.2, -0.15) is 0 Å². The molecule has 0 saturated carbocycles. The van der Waals surface area contributed by atoms with E-state index in [-0.39, 0.29) is 30.4 Å². The van der Waals surface area contributed by atoms with Crippen LogP contribution in [0.2, 0.25) is 0 Å². The van der Waals surface area contributed by atoms with Gasteiger partial charge in [-0.05, 0) is 24.6 Å². The minimum atomic E-state index is -0.358. The number of terminal acetylenes is 1. The molecule has 2 aromatic heterocycles. The number of carbonyl (C=O) groups excluding carboxylic acids is 1. The normalized spacial score (nSPS) is 10.3. The van der Waals surface area contributed by atoms with Crippen LogP contribution in [-0.2, 0) is 6.54 Å². The molecular formula is C19H16N4O3. The first-order valence-electron chi connectivity index (χ1n) is 7.89. The maximum atomic E-state index is 12.1. The monoisotopic (exact) mass is 348 g/mol. The van der Waals surface area contributed by atoms with Gasteiger partial charge in [0.25, 0.3) is 11.5 Å². The van der Waals surface area contributed by atoms with Crippen LogP contribution >= 0.6 is 0 Å². The van der Waals surface area contributed by atoms with Crippen molar-refractivity contribution < 1.29 is 9.21 Å². The Hall–Kier alpha value is -3.66. The molecule has 0 aliphatic carbocycles. The van der Waals surface area contributed by atoms with Gasteiger partial charge in [-0.1, -0.05) is 24.1 Å². The van der Waals surface area contributed by atoms with Gasteiger partial charge in [-0.25, -0.2) is 0 Å². The van der Waals surface area contributed by atoms with Crippen molar-refractivity contribution in [1.29, 1.82) is 0 Å². The third-order valence-corrected chi connectivity index (χ3v) is 3.74. The minimum absolute atomic E-state index is 0.0635. The molecule has 130 valence electrons. The number of carbonyl (C=O) groups is 1. The van der Waals surface area contributed by atoms with Crippen molar-refractivity contribution in [1.82, 2.24) is 20.1 Å². The lowest BCUT2D eigenvalue weighted by atomic mass is 10.1. The summed E-state index contributed by atoms with van der Waals surface area (Å²) in [6, 6.07) is 10.4. The van der Waals surface area contributed by atoms with E-state index in [2.05, 4.69) is 21.4 Å². The Balaban J connectivity index is 1.84. The first-order valence-corrected chi connectivity index (χ1v) is 7.89. The topological polar surface area (TPSA) is 90.0 Å². The molecule has 0 fully saturated rings. The summed E-state index contributed by atoms with van der Waals surface area (Å²) in [5, 5.41) is 10.6. The molecule has 3 rings (SSSR count). The molecule has 1 aromatic carbocycles. The number of amides is 1. The van der Waals surface area contributed by atoms with Crippen LogP contribution in [0.3, 0.4) is 0 Å². The van der Waals surface area contributed by atoms with Crippen LogP contribution in [0.25, 0.3) is 11.5 Å². The standard InChI is InChI=1S/C19H16N4O3/c1-3-10-20-18(25)14-8-9-17(24)23(11-14)12-16-21-22-19(26-16)15-7-5-4-6-13(15)2/h1,4-9,11H,10,12H2,2H3,(H,20,25). The summed E-state index contributed by atoms with van der Waals surface area (Å²) in [4.78, 5) is 24.0. The molecule has 0 radical (unpaired) electrons. The fourth-order valence-corrected chi connectivity index (χ4v) is 2.41. The van der Waals surface area contributed by atoms with Crippen LogP contribution in [0.5, 0.6) is 0 Å². The lowest BCUT2D eigenvalue weighted by molar-refractivity contribution is 0.0958. The molecule has 26 heavy (non-hydrogen) atoms. The van der Waals surface area contributed by atoms with Gasteiger partial charge in [0.05, 0.1) is 12.1 Å². The van der Waals surface area contributed by atoms with E-state index >= 15 is 0 Å². The molecule has 0 atom stereocenters. The number of aromatic nitrogens is 3. The van der Waals surface area contributed by atoms with E-state index in [0.717, 1.165) is 11.1 Å². The zero-order valence-electron chi connectivity index (χ0n) is 14.1. The third-order valence-electron chi connectivity index (χ3n) is 3.74. The number of nitrogens with one attached hydrogen (secondary N) is 1. The third kappa shape index (κ3) is 3.70. The number of benzene rings is 1. The van der Waals surface area contributed by atoms with Crippen molar-refractivity contribution in [3.63, 3.8) is 0 Å². The second-order valence-electron chi connectivity index (χ2n) is 5.59. The highest BCUT2D eigenvalue weighted by atomic mass is 16.4. The van der Waals surface area contributed by atoms with Crippen molar-refractivity contribution in [2.45, 2.75) is 13.5 Å². The van der Waals surface area contributed by atoms with E-state index < -0.39 is 0 Å². The zero-order valence-corrected chi connectivity index (χ0v) is 14.1. The van der Waals surface area contributed by atoms with Crippen LogP contribution in [0, 0.1) is 19.3 Å². The molecule has 7 nitrogen and oxygen atoms in total. The number of pyridine rings is 1. The Morgan fingerprint density at radius 1 is 1.27 bits per heavy atom. The second-order valence-corrected chi connectivity index (χ2v) is 5.59. The van der Waals surface area contributed by atoms with Crippen LogP contribution in [0.1, 0.15) is 21.8 Å². The minimum Gasteiger partial charge on any atom is -0.419 e. The molecule has 7 heteroatoms. The molecule has 1 N–H and O–H groups in total. The summed E-state index contributed by atoms with van der Waals surface area (Å²) in [6.07, 6.45) is 6.56. The SMILES string of the molecule is C#CCNC(=O)c1ccc(=O)n(Cc2nnc(-c3ccccc3C)o2)c1. The molecule has 0 unspecified atom stereocenters. The molecule has 0 spiro atoms. The van der Waals surface area contributed by atoms with Gasteiger partial charge < -0.3 is 14.3 Å². The summed E-state index contributed by atoms with van der Waals surface area (Å²) in [5.41, 5.74) is 1.88. The Bertz CT molecular complexity index is 1040. The predicted molar refractivity (Wildman–Crippen MR) is 95.4 cm³/mol. The Kier molecular flexibility index (Phi) is 4.94. The highest BCUT2D eigenvalue weighted by molar-refractivity contribution is 5.93. The van der Waals surface area contributed by atoms with Crippen molar-refractivity contribution >= 4 is 5.91 Å². The van der Waals surface area contributed by atoms with E-state index in [1.165, 1.54) is 22.9 Å². The lowest BCUT2D eigenvalue weighted by Gasteiger charge is -2.06. The predicted octanol–water partition coefficient (Wildman–Crippen LogP) is 1.62. The second kappa shape index (κ2) is 7.49. The van der Waals surface area contributed by atoms with Gasteiger partial charge >= 0.3 is 0 Å². The molecule has 0 saturated heterocycles. The molecule has 2 heterocycles. The molecule has 0 aliphatic heterocycles. The van der Waals surface area contributed by atoms with E-state index in [4.69, 9.17) is 10.8 Å². The van der Waals surface area contributed by atoms with E-state index in [1.54, 1.807) is 0 Å². The Labute approximate surface area is 149 Å². The highest BCUT2D eigenvalue weighted by Gasteiger charge is 2.13. The van der Waals surface area contributed by atoms with Crippen molar-refractivity contribution in [3.8, 4) is 23.8 Å². The van der Waals surface area contributed by atoms with Gasteiger partial charge in [-0.15, -0.1) is 16.6 Å². The molecule has 3 aromatic rings. The Morgan fingerprint density at radius 2 is 2.08 bits per heavy atom. The maximum absolute atomic E-state index is 12.1. The van der Waals surface area contributed by atoms with Gasteiger partial charge in [0.2, 0.25) is 11.8 Å². The van der Waals surface area contributed by atoms with Gasteiger partial charge in [-0.3, -0.25) is 9.59 Å². The lowest BCUT2D eigenvalue weighted by Crippen LogP contribution is -2.27. The van der Waals surface area contributed by atoms with Gasteiger partial charge in [0, 0.05) is 17.8 Å². The van der Waals surface area contributed by atoms with Crippen LogP contribution in [0.15, 0.2) is 51.8 Å². The van der Waals surface area contributed by atoms with E-state index in [1.807, 2.05) is 31.2 Å².